The summed E-state index contributed by atoms with van der Waals surface area (Å²) in [5, 5.41) is 7.74. The van der Waals surface area contributed by atoms with Crippen molar-refractivity contribution in [3.05, 3.63) is 0 Å². The van der Waals surface area contributed by atoms with Gasteiger partial charge in [0, 0.05) is 0 Å². The molecular weight excluding hydrogens is 168 g/mol. The molecule has 0 aromatic heterocycles. The third-order valence-electron chi connectivity index (χ3n) is 1.20. The van der Waals surface area contributed by atoms with Crippen LogP contribution in [0.2, 0.25) is 0 Å². The number of hydrogen-bond donors (Lipinski definition) is 0. The van der Waals surface area contributed by atoms with Gasteiger partial charge in [0.2, 0.25) is 0 Å². The Labute approximate surface area is 79.4 Å². The first kappa shape index (κ1) is 12.2. The minimum atomic E-state index is -0.647. The Hall–Kier alpha value is -0.770. The Morgan fingerprint density at radius 1 is 1.31 bits per heavy atom. The van der Waals surface area contributed by atoms with Crippen molar-refractivity contribution in [2.75, 3.05) is 0 Å². The molecule has 0 spiro atoms. The lowest BCUT2D eigenvalue weighted by atomic mass is 10.3. The van der Waals surface area contributed by atoms with Gasteiger partial charge < -0.3 is 9.53 Å². The smallest absolute Gasteiger partial charge is 0.173 e. The van der Waals surface area contributed by atoms with E-state index in [1.54, 1.807) is 6.92 Å². The third-order valence-corrected chi connectivity index (χ3v) is 1.20. The molecule has 1 unspecified atom stereocenters. The number of carbonyl (C=O) groups is 1. The molecule has 76 valence electrons. The van der Waals surface area contributed by atoms with Crippen molar-refractivity contribution >= 4 is 6.29 Å². The quantitative estimate of drug-likeness (QED) is 0.488. The molecule has 0 bridgehead atoms. The number of hydrogen-bond acceptors (Lipinski definition) is 4. The number of rotatable bonds is 5. The number of ether oxygens (including phenoxy) is 1. The maximum absolute atomic E-state index is 10.2. The summed E-state index contributed by atoms with van der Waals surface area (Å²) in [7, 11) is 0. The van der Waals surface area contributed by atoms with E-state index in [-0.39, 0.29) is 6.10 Å². The van der Waals surface area contributed by atoms with E-state index in [0.29, 0.717) is 0 Å². The molecule has 0 radical (unpaired) electrons. The summed E-state index contributed by atoms with van der Waals surface area (Å²) >= 11 is 0. The monoisotopic (exact) mass is 186 g/mol. The van der Waals surface area contributed by atoms with Gasteiger partial charge in [0.15, 0.2) is 5.72 Å². The SMILES string of the molecule is CC(C=O)N=NC(C)(C)OC(C)C. The fourth-order valence-electron chi connectivity index (χ4n) is 0.858. The highest BCUT2D eigenvalue weighted by atomic mass is 16.5. The molecular formula is C9H18N2O2. The van der Waals surface area contributed by atoms with Gasteiger partial charge in [-0.1, -0.05) is 0 Å². The fraction of sp³-hybridized carbons (Fsp3) is 0.889. The van der Waals surface area contributed by atoms with Crippen LogP contribution in [0.4, 0.5) is 0 Å². The van der Waals surface area contributed by atoms with Crippen LogP contribution in [0.15, 0.2) is 10.2 Å². The van der Waals surface area contributed by atoms with Crippen LogP contribution in [0.25, 0.3) is 0 Å². The minimum absolute atomic E-state index is 0.0977. The predicted molar refractivity (Wildman–Crippen MR) is 50.7 cm³/mol. The molecule has 0 aliphatic carbocycles. The number of nitrogens with zero attached hydrogens (tertiary/aromatic N) is 2. The van der Waals surface area contributed by atoms with Gasteiger partial charge in [0.05, 0.1) is 6.10 Å². The molecule has 0 heterocycles. The molecule has 0 N–H and O–H groups in total. The molecule has 0 fully saturated rings. The van der Waals surface area contributed by atoms with Gasteiger partial charge in [0.25, 0.3) is 0 Å². The van der Waals surface area contributed by atoms with Crippen molar-refractivity contribution in [3.8, 4) is 0 Å². The van der Waals surface area contributed by atoms with Crippen molar-refractivity contribution in [1.29, 1.82) is 0 Å². The van der Waals surface area contributed by atoms with Crippen LogP contribution < -0.4 is 0 Å². The van der Waals surface area contributed by atoms with E-state index >= 15 is 0 Å². The van der Waals surface area contributed by atoms with Crippen LogP contribution in [-0.2, 0) is 9.53 Å². The minimum Gasteiger partial charge on any atom is -0.350 e. The van der Waals surface area contributed by atoms with Gasteiger partial charge in [0.1, 0.15) is 12.3 Å². The number of azo groups is 1. The molecule has 0 saturated heterocycles. The molecule has 0 aromatic carbocycles. The van der Waals surface area contributed by atoms with Crippen LogP contribution in [0.1, 0.15) is 34.6 Å². The van der Waals surface area contributed by atoms with Gasteiger partial charge >= 0.3 is 0 Å². The second kappa shape index (κ2) is 5.07. The van der Waals surface area contributed by atoms with Gasteiger partial charge in [-0.25, -0.2) is 0 Å². The molecule has 1 atom stereocenters. The van der Waals surface area contributed by atoms with Crippen molar-refractivity contribution in [2.45, 2.75) is 52.5 Å². The summed E-state index contributed by atoms with van der Waals surface area (Å²) in [5.41, 5.74) is -0.647. The molecule has 0 aromatic rings. The summed E-state index contributed by atoms with van der Waals surface area (Å²) in [6.45, 7) is 9.17. The largest absolute Gasteiger partial charge is 0.350 e. The van der Waals surface area contributed by atoms with Crippen LogP contribution in [0, 0.1) is 0 Å². The summed E-state index contributed by atoms with van der Waals surface area (Å²) in [6, 6.07) is -0.393. The Balaban J connectivity index is 4.14. The van der Waals surface area contributed by atoms with E-state index in [2.05, 4.69) is 10.2 Å². The zero-order valence-corrected chi connectivity index (χ0v) is 8.94. The average molecular weight is 186 g/mol. The van der Waals surface area contributed by atoms with Crippen molar-refractivity contribution in [3.63, 3.8) is 0 Å². The fourth-order valence-corrected chi connectivity index (χ4v) is 0.858. The van der Waals surface area contributed by atoms with Crippen LogP contribution >= 0.6 is 0 Å². The first-order valence-electron chi connectivity index (χ1n) is 4.42. The van der Waals surface area contributed by atoms with Gasteiger partial charge in [-0.2, -0.15) is 10.2 Å². The zero-order chi connectivity index (χ0) is 10.5. The molecule has 0 aliphatic heterocycles. The molecule has 0 aliphatic rings. The summed E-state index contributed by atoms with van der Waals surface area (Å²) in [6.07, 6.45) is 0.843. The van der Waals surface area contributed by atoms with Gasteiger partial charge in [-0.15, -0.1) is 0 Å². The van der Waals surface area contributed by atoms with E-state index < -0.39 is 11.8 Å². The molecule has 4 nitrogen and oxygen atoms in total. The predicted octanol–water partition coefficient (Wildman–Crippen LogP) is 2.19. The summed E-state index contributed by atoms with van der Waals surface area (Å²) < 4.78 is 5.46. The van der Waals surface area contributed by atoms with Crippen LogP contribution in [-0.4, -0.2) is 24.2 Å². The van der Waals surface area contributed by atoms with Crippen molar-refractivity contribution in [1.82, 2.24) is 0 Å². The highest BCUT2D eigenvalue weighted by Gasteiger charge is 2.18. The van der Waals surface area contributed by atoms with E-state index in [1.165, 1.54) is 0 Å². The molecule has 13 heavy (non-hydrogen) atoms. The molecule has 4 heteroatoms. The lowest BCUT2D eigenvalue weighted by Gasteiger charge is -2.21. The van der Waals surface area contributed by atoms with Crippen molar-refractivity contribution < 1.29 is 9.53 Å². The van der Waals surface area contributed by atoms with E-state index in [4.69, 9.17) is 4.74 Å². The maximum atomic E-state index is 10.2. The molecule has 0 amide bonds. The van der Waals surface area contributed by atoms with Crippen LogP contribution in [0.3, 0.4) is 0 Å². The van der Waals surface area contributed by atoms with E-state index in [1.807, 2.05) is 27.7 Å². The maximum Gasteiger partial charge on any atom is 0.173 e. The highest BCUT2D eigenvalue weighted by Crippen LogP contribution is 2.14. The second-order valence-corrected chi connectivity index (χ2v) is 3.71. The normalized spacial score (nSPS) is 15.2. The molecule has 0 saturated carbocycles. The third kappa shape index (κ3) is 6.40. The highest BCUT2D eigenvalue weighted by molar-refractivity contribution is 5.56. The van der Waals surface area contributed by atoms with Gasteiger partial charge in [-0.05, 0) is 34.6 Å². The van der Waals surface area contributed by atoms with Crippen LogP contribution in [0.5, 0.6) is 0 Å². The summed E-state index contributed by atoms with van der Waals surface area (Å²) in [4.78, 5) is 10.2. The second-order valence-electron chi connectivity index (χ2n) is 3.71. The standard InChI is InChI=1S/C9H18N2O2/c1-7(2)13-9(4,5)11-10-8(3)6-12/h6-8H,1-5H3. The Morgan fingerprint density at radius 3 is 2.23 bits per heavy atom. The zero-order valence-electron chi connectivity index (χ0n) is 8.94. The Bertz CT molecular complexity index is 188. The topological polar surface area (TPSA) is 51.0 Å². The summed E-state index contributed by atoms with van der Waals surface area (Å²) in [5.74, 6) is 0. The number of carbonyl (C=O) groups excluding carboxylic acids is 1. The molecule has 0 rings (SSSR count). The van der Waals surface area contributed by atoms with E-state index in [0.717, 1.165) is 6.29 Å². The average Bonchev–Trinajstić information content (AvgIpc) is 1.98. The van der Waals surface area contributed by atoms with Gasteiger partial charge in [-0.3, -0.25) is 0 Å². The first-order valence-corrected chi connectivity index (χ1v) is 4.42. The lowest BCUT2D eigenvalue weighted by Crippen LogP contribution is -2.25. The van der Waals surface area contributed by atoms with Crippen molar-refractivity contribution in [2.24, 2.45) is 10.2 Å². The lowest BCUT2D eigenvalue weighted by molar-refractivity contribution is -0.108. The number of aldehydes is 1. The Kier molecular flexibility index (Phi) is 4.77. The first-order chi connectivity index (χ1) is 5.87. The Morgan fingerprint density at radius 2 is 1.85 bits per heavy atom. The van der Waals surface area contributed by atoms with E-state index in [9.17, 15) is 4.79 Å².